The van der Waals surface area contributed by atoms with E-state index in [9.17, 15) is 14.3 Å². The van der Waals surface area contributed by atoms with Crippen LogP contribution in [0.3, 0.4) is 0 Å². The second kappa shape index (κ2) is 8.98. The summed E-state index contributed by atoms with van der Waals surface area (Å²) in [6.45, 7) is 0.168. The van der Waals surface area contributed by atoms with Crippen molar-refractivity contribution in [2.24, 2.45) is 9.98 Å². The summed E-state index contributed by atoms with van der Waals surface area (Å²) in [6.07, 6.45) is 8.37. The highest BCUT2D eigenvalue weighted by molar-refractivity contribution is 6.14. The number of hydrogen-bond acceptors (Lipinski definition) is 9. The molecular formula is C21H23FN8O3. The Balaban J connectivity index is 1.39. The van der Waals surface area contributed by atoms with Gasteiger partial charge in [0.25, 0.3) is 5.91 Å². The van der Waals surface area contributed by atoms with Gasteiger partial charge in [-0.3, -0.25) is 30.2 Å². The van der Waals surface area contributed by atoms with E-state index in [1.807, 2.05) is 0 Å². The van der Waals surface area contributed by atoms with Crippen molar-refractivity contribution in [3.63, 3.8) is 0 Å². The van der Waals surface area contributed by atoms with Crippen LogP contribution in [-0.4, -0.2) is 62.6 Å². The van der Waals surface area contributed by atoms with Crippen LogP contribution in [0.1, 0.15) is 25.7 Å². The Bertz CT molecular complexity index is 1110. The lowest BCUT2D eigenvalue weighted by atomic mass is 9.93. The maximum atomic E-state index is 14.0. The van der Waals surface area contributed by atoms with E-state index >= 15 is 0 Å². The Morgan fingerprint density at radius 3 is 2.91 bits per heavy atom. The van der Waals surface area contributed by atoms with Crippen molar-refractivity contribution in [2.45, 2.75) is 43.9 Å². The van der Waals surface area contributed by atoms with E-state index in [4.69, 9.17) is 9.52 Å². The van der Waals surface area contributed by atoms with E-state index in [-0.39, 0.29) is 24.4 Å². The Labute approximate surface area is 188 Å². The third-order valence-corrected chi connectivity index (χ3v) is 5.73. The molecule has 1 fully saturated rings. The number of aliphatic imine (C=N–C) groups is 2. The highest BCUT2D eigenvalue weighted by Gasteiger charge is 2.39. The number of nitrogens with one attached hydrogen (secondary N) is 3. The molecule has 172 valence electrons. The average Bonchev–Trinajstić information content (AvgIpc) is 3.47. The maximum absolute atomic E-state index is 14.0. The van der Waals surface area contributed by atoms with Gasteiger partial charge in [0.1, 0.15) is 12.1 Å². The average molecular weight is 454 g/mol. The first-order valence-electron chi connectivity index (χ1n) is 10.7. The molecule has 0 saturated heterocycles. The van der Waals surface area contributed by atoms with Crippen LogP contribution < -0.4 is 16.1 Å². The number of carbonyl (C=O) groups excluding carboxylic acids is 1. The molecule has 0 spiro atoms. The minimum atomic E-state index is -0.728. The molecule has 1 amide bonds. The van der Waals surface area contributed by atoms with Crippen LogP contribution in [0.2, 0.25) is 0 Å². The first-order chi connectivity index (χ1) is 16.1. The lowest BCUT2D eigenvalue weighted by Gasteiger charge is -2.33. The monoisotopic (exact) mass is 454 g/mol. The van der Waals surface area contributed by atoms with Crippen molar-refractivity contribution >= 4 is 29.1 Å². The standard InChI is InChI=1S/C21H23FN8O3/c22-14-10-23-7-5-15(14)27-21(32)17-11-24-20-16(26-18-6-8-33-29-18)9-19(28-30(17)20)25-12-1-3-13(31)4-2-12/h5-10,12-13,17,31H,1-4,11H2,(H,25,28)(H,26,29)(H,23,27,32). The third-order valence-electron chi connectivity index (χ3n) is 5.73. The number of nitrogens with zero attached hydrogens (tertiary/aromatic N) is 5. The molecule has 1 unspecified atom stereocenters. The van der Waals surface area contributed by atoms with E-state index < -0.39 is 17.8 Å². The molecule has 0 aromatic carbocycles. The lowest BCUT2D eigenvalue weighted by molar-refractivity contribution is -0.119. The molecule has 5 rings (SSSR count). The quantitative estimate of drug-likeness (QED) is 0.532. The number of hydrogen-bond donors (Lipinski definition) is 4. The molecule has 2 aliphatic heterocycles. The van der Waals surface area contributed by atoms with Gasteiger partial charge in [0.15, 0.2) is 23.5 Å². The Hall–Kier alpha value is -3.80. The molecule has 1 saturated carbocycles. The number of amidine groups is 2. The smallest absolute Gasteiger partial charge is 0.251 e. The Kier molecular flexibility index (Phi) is 5.73. The Morgan fingerprint density at radius 2 is 2.15 bits per heavy atom. The summed E-state index contributed by atoms with van der Waals surface area (Å²) in [4.78, 5) is 26.0. The van der Waals surface area contributed by atoms with Crippen LogP contribution in [0.4, 0.5) is 15.9 Å². The number of rotatable bonds is 5. The summed E-state index contributed by atoms with van der Waals surface area (Å²) in [5.41, 5.74) is 3.83. The zero-order valence-corrected chi connectivity index (χ0v) is 17.6. The van der Waals surface area contributed by atoms with Gasteiger partial charge >= 0.3 is 0 Å². The minimum Gasteiger partial charge on any atom is -0.393 e. The van der Waals surface area contributed by atoms with Gasteiger partial charge in [-0.15, -0.1) is 0 Å². The largest absolute Gasteiger partial charge is 0.393 e. The van der Waals surface area contributed by atoms with Crippen molar-refractivity contribution in [1.29, 1.82) is 0 Å². The second-order valence-electron chi connectivity index (χ2n) is 8.05. The molecule has 1 atom stereocenters. The zero-order valence-electron chi connectivity index (χ0n) is 17.6. The fraction of sp³-hybridized carbons (Fsp3) is 0.381. The number of pyridine rings is 1. The van der Waals surface area contributed by atoms with Crippen molar-refractivity contribution < 1.29 is 18.8 Å². The zero-order chi connectivity index (χ0) is 22.8. The van der Waals surface area contributed by atoms with Gasteiger partial charge in [0, 0.05) is 18.3 Å². The summed E-state index contributed by atoms with van der Waals surface area (Å²) in [7, 11) is 0. The van der Waals surface area contributed by atoms with Gasteiger partial charge in [-0.25, -0.2) is 4.39 Å². The molecule has 33 heavy (non-hydrogen) atoms. The van der Waals surface area contributed by atoms with Gasteiger partial charge in [0.05, 0.1) is 36.3 Å². The SMILES string of the molecule is O=C(Nc1ccncc1F)C1CN=C2C(Nc3ccon3)=CC(=NC3CCC(O)CC3)NN21. The number of carbonyl (C=O) groups is 1. The molecule has 3 aliphatic rings. The molecule has 0 bridgehead atoms. The van der Waals surface area contributed by atoms with E-state index in [1.165, 1.54) is 18.5 Å². The van der Waals surface area contributed by atoms with Crippen LogP contribution in [-0.2, 0) is 4.79 Å². The lowest BCUT2D eigenvalue weighted by Crippen LogP contribution is -2.57. The summed E-state index contributed by atoms with van der Waals surface area (Å²) in [5.74, 6) is 0.501. The van der Waals surface area contributed by atoms with Crippen LogP contribution in [0.15, 0.2) is 57.1 Å². The van der Waals surface area contributed by atoms with Gasteiger partial charge in [-0.1, -0.05) is 5.16 Å². The van der Waals surface area contributed by atoms with Gasteiger partial charge in [-0.05, 0) is 31.7 Å². The summed E-state index contributed by atoms with van der Waals surface area (Å²) in [6, 6.07) is 2.39. The number of amides is 1. The van der Waals surface area contributed by atoms with Gasteiger partial charge in [-0.2, -0.15) is 0 Å². The van der Waals surface area contributed by atoms with Gasteiger partial charge in [0.2, 0.25) is 0 Å². The number of anilines is 2. The fourth-order valence-electron chi connectivity index (χ4n) is 4.03. The van der Waals surface area contributed by atoms with Crippen molar-refractivity contribution in [3.05, 3.63) is 48.4 Å². The predicted molar refractivity (Wildman–Crippen MR) is 118 cm³/mol. The first kappa shape index (κ1) is 21.1. The van der Waals surface area contributed by atoms with E-state index in [2.05, 4.69) is 31.2 Å². The van der Waals surface area contributed by atoms with Crippen LogP contribution in [0, 0.1) is 5.82 Å². The van der Waals surface area contributed by atoms with E-state index in [1.54, 1.807) is 17.2 Å². The number of hydrazine groups is 1. The molecule has 4 N–H and O–H groups in total. The normalized spacial score (nSPS) is 25.7. The molecule has 2 aromatic heterocycles. The summed E-state index contributed by atoms with van der Waals surface area (Å²) < 4.78 is 18.9. The second-order valence-corrected chi connectivity index (χ2v) is 8.05. The number of aromatic nitrogens is 2. The number of fused-ring (bicyclic) bond motifs is 1. The van der Waals surface area contributed by atoms with Gasteiger partial charge < -0.3 is 20.3 Å². The third kappa shape index (κ3) is 4.55. The molecular weight excluding hydrogens is 431 g/mol. The predicted octanol–water partition coefficient (Wildman–Crippen LogP) is 1.45. The topological polar surface area (TPSA) is 140 Å². The van der Waals surface area contributed by atoms with Crippen LogP contribution in [0.5, 0.6) is 0 Å². The van der Waals surface area contributed by atoms with E-state index in [0.717, 1.165) is 19.0 Å². The Morgan fingerprint density at radius 1 is 1.30 bits per heavy atom. The highest BCUT2D eigenvalue weighted by atomic mass is 19.1. The van der Waals surface area contributed by atoms with Crippen molar-refractivity contribution in [1.82, 2.24) is 20.6 Å². The molecule has 1 aliphatic carbocycles. The summed E-state index contributed by atoms with van der Waals surface area (Å²) in [5, 5.41) is 21.0. The van der Waals surface area contributed by atoms with Crippen molar-refractivity contribution in [3.8, 4) is 0 Å². The number of aliphatic hydroxyl groups excluding tert-OH is 1. The molecule has 4 heterocycles. The molecule has 0 radical (unpaired) electrons. The fourth-order valence-corrected chi connectivity index (χ4v) is 4.03. The van der Waals surface area contributed by atoms with Crippen molar-refractivity contribution in [2.75, 3.05) is 17.2 Å². The first-order valence-corrected chi connectivity index (χ1v) is 10.7. The molecule has 11 nitrogen and oxygen atoms in total. The maximum Gasteiger partial charge on any atom is 0.251 e. The number of aliphatic hydroxyl groups is 1. The summed E-state index contributed by atoms with van der Waals surface area (Å²) >= 11 is 0. The highest BCUT2D eigenvalue weighted by Crippen LogP contribution is 2.24. The van der Waals surface area contributed by atoms with Crippen LogP contribution in [0.25, 0.3) is 0 Å². The minimum absolute atomic E-state index is 0.0478. The molecule has 12 heteroatoms. The number of halogens is 1. The van der Waals surface area contributed by atoms with E-state index in [0.29, 0.717) is 36.0 Å². The molecule has 2 aromatic rings. The van der Waals surface area contributed by atoms with Crippen LogP contribution >= 0.6 is 0 Å².